The molecule has 0 spiro atoms. The Bertz CT molecular complexity index is 446. The Morgan fingerprint density at radius 3 is 2.67 bits per heavy atom. The molecule has 1 aromatic rings. The molecule has 0 aliphatic rings. The van der Waals surface area contributed by atoms with Gasteiger partial charge in [-0.15, -0.1) is 0 Å². The van der Waals surface area contributed by atoms with Crippen LogP contribution in [0.1, 0.15) is 18.1 Å². The monoisotopic (exact) mass is 252 g/mol. The minimum atomic E-state index is -0.988. The van der Waals surface area contributed by atoms with Crippen LogP contribution in [0.15, 0.2) is 18.2 Å². The van der Waals surface area contributed by atoms with Gasteiger partial charge in [0.25, 0.3) is 0 Å². The third kappa shape index (κ3) is 5.42. The van der Waals surface area contributed by atoms with Crippen LogP contribution in [0, 0.1) is 6.92 Å². The van der Waals surface area contributed by atoms with E-state index in [-0.39, 0.29) is 19.1 Å². The molecule has 0 radical (unpaired) electrons. The third-order valence-corrected chi connectivity index (χ3v) is 2.02. The van der Waals surface area contributed by atoms with E-state index in [1.54, 1.807) is 6.07 Å². The first-order valence-corrected chi connectivity index (χ1v) is 5.42. The summed E-state index contributed by atoms with van der Waals surface area (Å²) in [7, 11) is 0. The molecule has 0 atom stereocenters. The van der Waals surface area contributed by atoms with Gasteiger partial charge in [-0.1, -0.05) is 6.07 Å². The minimum Gasteiger partial charge on any atom is -0.480 e. The number of carbonyl (C=O) groups excluding carboxylic acids is 1. The van der Waals surface area contributed by atoms with Gasteiger partial charge in [-0.2, -0.15) is 5.48 Å². The van der Waals surface area contributed by atoms with E-state index in [2.05, 4.69) is 10.8 Å². The van der Waals surface area contributed by atoms with Crippen molar-refractivity contribution in [3.8, 4) is 0 Å². The van der Waals surface area contributed by atoms with Crippen molar-refractivity contribution < 1.29 is 19.5 Å². The highest BCUT2D eigenvalue weighted by molar-refractivity contribution is 5.88. The van der Waals surface area contributed by atoms with Crippen LogP contribution in [-0.4, -0.2) is 23.5 Å². The van der Waals surface area contributed by atoms with Gasteiger partial charge in [0.05, 0.1) is 6.61 Å². The van der Waals surface area contributed by atoms with Crippen molar-refractivity contribution in [1.29, 1.82) is 0 Å². The van der Waals surface area contributed by atoms with E-state index >= 15 is 0 Å². The van der Waals surface area contributed by atoms with Crippen molar-refractivity contribution in [3.63, 3.8) is 0 Å². The van der Waals surface area contributed by atoms with Gasteiger partial charge in [-0.05, 0) is 30.2 Å². The predicted molar refractivity (Wildman–Crippen MR) is 65.9 cm³/mol. The number of amides is 1. The Kier molecular flexibility index (Phi) is 5.29. The zero-order valence-electron chi connectivity index (χ0n) is 10.3. The van der Waals surface area contributed by atoms with Gasteiger partial charge in [0.2, 0.25) is 5.91 Å². The summed E-state index contributed by atoms with van der Waals surface area (Å²) in [4.78, 5) is 26.2. The number of carbonyl (C=O) groups is 2. The lowest BCUT2D eigenvalue weighted by Gasteiger charge is -2.08. The van der Waals surface area contributed by atoms with Crippen LogP contribution < -0.4 is 10.8 Å². The summed E-state index contributed by atoms with van der Waals surface area (Å²) in [5.41, 5.74) is 4.85. The number of anilines is 1. The van der Waals surface area contributed by atoms with Crippen LogP contribution in [0.5, 0.6) is 0 Å². The Hall–Kier alpha value is -1.92. The van der Waals surface area contributed by atoms with E-state index in [1.165, 1.54) is 6.92 Å². The number of aryl methyl sites for hydroxylation is 1. The second-order valence-corrected chi connectivity index (χ2v) is 3.89. The highest BCUT2D eigenvalue weighted by Gasteiger charge is 2.01. The van der Waals surface area contributed by atoms with Crippen molar-refractivity contribution in [2.75, 3.05) is 11.9 Å². The maximum Gasteiger partial charge on any atom is 0.319 e. The number of hydrogen-bond donors (Lipinski definition) is 3. The molecule has 1 amide bonds. The summed E-state index contributed by atoms with van der Waals surface area (Å²) in [5, 5.41) is 11.1. The molecule has 0 bridgehead atoms. The maximum absolute atomic E-state index is 11.0. The Morgan fingerprint density at radius 2 is 2.06 bits per heavy atom. The summed E-state index contributed by atoms with van der Waals surface area (Å²) in [5.74, 6) is -1.13. The molecule has 0 aliphatic heterocycles. The largest absolute Gasteiger partial charge is 0.480 e. The fourth-order valence-electron chi connectivity index (χ4n) is 1.47. The Balaban J connectivity index is 2.57. The van der Waals surface area contributed by atoms with Gasteiger partial charge in [0.15, 0.2) is 0 Å². The average Bonchev–Trinajstić information content (AvgIpc) is 2.22. The van der Waals surface area contributed by atoms with E-state index in [0.717, 1.165) is 11.1 Å². The quantitative estimate of drug-likeness (QED) is 0.520. The van der Waals surface area contributed by atoms with Gasteiger partial charge in [-0.3, -0.25) is 14.4 Å². The van der Waals surface area contributed by atoms with Crippen LogP contribution in [0.4, 0.5) is 5.69 Å². The highest BCUT2D eigenvalue weighted by atomic mass is 16.6. The van der Waals surface area contributed by atoms with Gasteiger partial charge in [0.1, 0.15) is 6.54 Å². The normalized spacial score (nSPS) is 10.1. The van der Waals surface area contributed by atoms with Crippen molar-refractivity contribution in [1.82, 2.24) is 5.48 Å². The maximum atomic E-state index is 11.0. The fraction of sp³-hybridized carbons (Fsp3) is 0.333. The van der Waals surface area contributed by atoms with Crippen molar-refractivity contribution >= 4 is 17.6 Å². The highest BCUT2D eigenvalue weighted by Crippen LogP contribution is 2.15. The number of hydroxylamine groups is 1. The summed E-state index contributed by atoms with van der Waals surface area (Å²) in [6.07, 6.45) is 0. The lowest BCUT2D eigenvalue weighted by atomic mass is 10.1. The molecule has 6 heteroatoms. The molecule has 0 fully saturated rings. The second-order valence-electron chi connectivity index (χ2n) is 3.89. The zero-order valence-corrected chi connectivity index (χ0v) is 10.3. The molecule has 0 unspecified atom stereocenters. The lowest BCUT2D eigenvalue weighted by Crippen LogP contribution is -2.22. The Labute approximate surface area is 105 Å². The van der Waals surface area contributed by atoms with Gasteiger partial charge >= 0.3 is 5.97 Å². The summed E-state index contributed by atoms with van der Waals surface area (Å²) >= 11 is 0. The van der Waals surface area contributed by atoms with Crippen molar-refractivity contribution in [2.24, 2.45) is 0 Å². The third-order valence-electron chi connectivity index (χ3n) is 2.02. The summed E-state index contributed by atoms with van der Waals surface area (Å²) in [6, 6.07) is 5.51. The van der Waals surface area contributed by atoms with Gasteiger partial charge < -0.3 is 10.4 Å². The minimum absolute atomic E-state index is 0.142. The number of hydrogen-bond acceptors (Lipinski definition) is 4. The number of carboxylic acid groups (broad SMARTS) is 1. The number of aliphatic carboxylic acids is 1. The molecule has 18 heavy (non-hydrogen) atoms. The van der Waals surface area contributed by atoms with Crippen LogP contribution in [0.2, 0.25) is 0 Å². The van der Waals surface area contributed by atoms with Crippen LogP contribution >= 0.6 is 0 Å². The molecule has 0 aromatic heterocycles. The lowest BCUT2D eigenvalue weighted by molar-refractivity contribution is -0.139. The topological polar surface area (TPSA) is 87.7 Å². The van der Waals surface area contributed by atoms with E-state index in [9.17, 15) is 9.59 Å². The van der Waals surface area contributed by atoms with Gasteiger partial charge in [0, 0.05) is 12.6 Å². The SMILES string of the molecule is CC(=O)Nc1cc(C)cc(CONCC(=O)O)c1. The summed E-state index contributed by atoms with van der Waals surface area (Å²) < 4.78 is 0. The fourth-order valence-corrected chi connectivity index (χ4v) is 1.47. The molecular formula is C12H16N2O4. The van der Waals surface area contributed by atoms with Crippen molar-refractivity contribution in [3.05, 3.63) is 29.3 Å². The first-order valence-electron chi connectivity index (χ1n) is 5.42. The van der Waals surface area contributed by atoms with E-state index in [4.69, 9.17) is 9.94 Å². The number of carboxylic acids is 1. The molecular weight excluding hydrogens is 236 g/mol. The van der Waals surface area contributed by atoms with Gasteiger partial charge in [-0.25, -0.2) is 0 Å². The molecule has 0 saturated carbocycles. The van der Waals surface area contributed by atoms with E-state index in [1.807, 2.05) is 19.1 Å². The van der Waals surface area contributed by atoms with E-state index in [0.29, 0.717) is 5.69 Å². The average molecular weight is 252 g/mol. The summed E-state index contributed by atoms with van der Waals surface area (Å²) in [6.45, 7) is 3.30. The standard InChI is InChI=1S/C12H16N2O4/c1-8-3-10(7-18-13-6-12(16)17)5-11(4-8)14-9(2)15/h3-5,13H,6-7H2,1-2H3,(H,14,15)(H,16,17). The molecule has 0 heterocycles. The number of nitrogens with one attached hydrogen (secondary N) is 2. The molecule has 3 N–H and O–H groups in total. The van der Waals surface area contributed by atoms with E-state index < -0.39 is 5.97 Å². The molecule has 1 rings (SSSR count). The molecule has 6 nitrogen and oxygen atoms in total. The second kappa shape index (κ2) is 6.73. The first-order chi connectivity index (χ1) is 8.47. The zero-order chi connectivity index (χ0) is 13.5. The predicted octanol–water partition coefficient (Wildman–Crippen LogP) is 1.06. The number of rotatable bonds is 6. The smallest absolute Gasteiger partial charge is 0.319 e. The van der Waals surface area contributed by atoms with Crippen LogP contribution in [0.25, 0.3) is 0 Å². The van der Waals surface area contributed by atoms with Crippen LogP contribution in [-0.2, 0) is 21.0 Å². The van der Waals surface area contributed by atoms with Crippen LogP contribution in [0.3, 0.4) is 0 Å². The Morgan fingerprint density at radius 1 is 1.33 bits per heavy atom. The molecule has 0 aliphatic carbocycles. The van der Waals surface area contributed by atoms with Crippen molar-refractivity contribution in [2.45, 2.75) is 20.5 Å². The molecule has 0 saturated heterocycles. The molecule has 1 aromatic carbocycles. The number of benzene rings is 1. The first kappa shape index (κ1) is 14.1. The molecule has 98 valence electrons.